The van der Waals surface area contributed by atoms with Crippen LogP contribution in [0.4, 0.5) is 4.39 Å². The van der Waals surface area contributed by atoms with Gasteiger partial charge in [0.2, 0.25) is 0 Å². The van der Waals surface area contributed by atoms with Gasteiger partial charge in [-0.2, -0.15) is 0 Å². The van der Waals surface area contributed by atoms with Crippen molar-refractivity contribution in [1.29, 1.82) is 0 Å². The first kappa shape index (κ1) is 8.61. The fraction of sp³-hybridized carbons (Fsp3) is 0. The number of aromatic amines is 1. The second-order valence-electron chi connectivity index (χ2n) is 3.22. The van der Waals surface area contributed by atoms with Crippen LogP contribution < -0.4 is 0 Å². The van der Waals surface area contributed by atoms with Crippen LogP contribution in [0.25, 0.3) is 21.7 Å². The monoisotopic (exact) mass is 218 g/mol. The SMILES string of the molecule is Fc1ccc2nc(-c3cccs3)[nH]c2c1. The molecule has 0 saturated carbocycles. The van der Waals surface area contributed by atoms with Gasteiger partial charge in [-0.3, -0.25) is 0 Å². The van der Waals surface area contributed by atoms with Crippen LogP contribution in [0.3, 0.4) is 0 Å². The van der Waals surface area contributed by atoms with Crippen molar-refractivity contribution in [3.8, 4) is 10.7 Å². The second kappa shape index (κ2) is 3.17. The highest BCUT2D eigenvalue weighted by Crippen LogP contribution is 2.24. The molecule has 0 bridgehead atoms. The predicted molar refractivity (Wildman–Crippen MR) is 59.4 cm³/mol. The van der Waals surface area contributed by atoms with E-state index in [-0.39, 0.29) is 5.82 Å². The highest BCUT2D eigenvalue weighted by molar-refractivity contribution is 7.13. The Morgan fingerprint density at radius 3 is 3.00 bits per heavy atom. The molecule has 0 amide bonds. The van der Waals surface area contributed by atoms with E-state index in [1.807, 2.05) is 17.5 Å². The van der Waals surface area contributed by atoms with Crippen molar-refractivity contribution in [3.05, 3.63) is 41.5 Å². The number of thiophene rings is 1. The summed E-state index contributed by atoms with van der Waals surface area (Å²) in [7, 11) is 0. The van der Waals surface area contributed by atoms with Gasteiger partial charge in [0.05, 0.1) is 15.9 Å². The van der Waals surface area contributed by atoms with E-state index in [0.29, 0.717) is 0 Å². The number of aromatic nitrogens is 2. The van der Waals surface area contributed by atoms with Gasteiger partial charge in [0.1, 0.15) is 11.6 Å². The molecular formula is C11H7FN2S. The lowest BCUT2D eigenvalue weighted by Crippen LogP contribution is -1.72. The lowest BCUT2D eigenvalue weighted by Gasteiger charge is -1.86. The molecule has 0 aliphatic rings. The Kier molecular flexibility index (Phi) is 1.82. The van der Waals surface area contributed by atoms with Crippen molar-refractivity contribution in [3.63, 3.8) is 0 Å². The summed E-state index contributed by atoms with van der Waals surface area (Å²) >= 11 is 1.61. The number of H-pyrrole nitrogens is 1. The lowest BCUT2D eigenvalue weighted by atomic mass is 10.3. The molecule has 0 saturated heterocycles. The highest BCUT2D eigenvalue weighted by Gasteiger charge is 2.06. The molecule has 3 aromatic rings. The molecule has 4 heteroatoms. The van der Waals surface area contributed by atoms with E-state index in [0.717, 1.165) is 21.7 Å². The summed E-state index contributed by atoms with van der Waals surface area (Å²) in [4.78, 5) is 8.54. The first-order valence-corrected chi connectivity index (χ1v) is 5.40. The van der Waals surface area contributed by atoms with Gasteiger partial charge in [-0.15, -0.1) is 11.3 Å². The van der Waals surface area contributed by atoms with Crippen LogP contribution in [-0.2, 0) is 0 Å². The first-order valence-electron chi connectivity index (χ1n) is 4.52. The highest BCUT2D eigenvalue weighted by atomic mass is 32.1. The van der Waals surface area contributed by atoms with Crippen LogP contribution in [-0.4, -0.2) is 9.97 Å². The van der Waals surface area contributed by atoms with E-state index >= 15 is 0 Å². The number of rotatable bonds is 1. The molecule has 2 heterocycles. The summed E-state index contributed by atoms with van der Waals surface area (Å²) in [5.74, 6) is 0.550. The van der Waals surface area contributed by atoms with Crippen LogP contribution in [0.2, 0.25) is 0 Å². The maximum absolute atomic E-state index is 12.9. The standard InChI is InChI=1S/C11H7FN2S/c12-7-3-4-8-9(6-7)14-11(13-8)10-2-1-5-15-10/h1-6H,(H,13,14). The Balaban J connectivity index is 2.22. The van der Waals surface area contributed by atoms with Crippen molar-refractivity contribution < 1.29 is 4.39 Å². The molecule has 3 rings (SSSR count). The molecule has 0 spiro atoms. The normalized spacial score (nSPS) is 11.0. The van der Waals surface area contributed by atoms with Crippen LogP contribution in [0.15, 0.2) is 35.7 Å². The molecule has 1 aromatic carbocycles. The summed E-state index contributed by atoms with van der Waals surface area (Å²) in [5.41, 5.74) is 1.53. The molecule has 1 N–H and O–H groups in total. The molecular weight excluding hydrogens is 211 g/mol. The average Bonchev–Trinajstić information content (AvgIpc) is 2.84. The Morgan fingerprint density at radius 1 is 1.27 bits per heavy atom. The smallest absolute Gasteiger partial charge is 0.148 e. The number of halogens is 1. The predicted octanol–water partition coefficient (Wildman–Crippen LogP) is 3.43. The Hall–Kier alpha value is -1.68. The topological polar surface area (TPSA) is 28.7 Å². The Bertz CT molecular complexity index is 598. The molecule has 0 atom stereocenters. The second-order valence-corrected chi connectivity index (χ2v) is 4.17. The molecule has 74 valence electrons. The molecule has 0 aliphatic heterocycles. The minimum Gasteiger partial charge on any atom is -0.337 e. The molecule has 2 nitrogen and oxygen atoms in total. The van der Waals surface area contributed by atoms with Crippen molar-refractivity contribution in [1.82, 2.24) is 9.97 Å². The van der Waals surface area contributed by atoms with Crippen molar-refractivity contribution in [2.75, 3.05) is 0 Å². The van der Waals surface area contributed by atoms with E-state index in [9.17, 15) is 4.39 Å². The van der Waals surface area contributed by atoms with E-state index < -0.39 is 0 Å². The zero-order chi connectivity index (χ0) is 10.3. The van der Waals surface area contributed by atoms with Crippen molar-refractivity contribution in [2.24, 2.45) is 0 Å². The third-order valence-electron chi connectivity index (χ3n) is 2.20. The van der Waals surface area contributed by atoms with Gasteiger partial charge >= 0.3 is 0 Å². The van der Waals surface area contributed by atoms with Gasteiger partial charge in [0.25, 0.3) is 0 Å². The molecule has 15 heavy (non-hydrogen) atoms. The van der Waals surface area contributed by atoms with E-state index in [1.165, 1.54) is 12.1 Å². The molecule has 2 aromatic heterocycles. The quantitative estimate of drug-likeness (QED) is 0.666. The van der Waals surface area contributed by atoms with Gasteiger partial charge < -0.3 is 4.98 Å². The summed E-state index contributed by atoms with van der Waals surface area (Å²) in [6, 6.07) is 8.51. The maximum atomic E-state index is 12.9. The summed E-state index contributed by atoms with van der Waals surface area (Å²) in [6.45, 7) is 0. The molecule has 0 fully saturated rings. The summed E-state index contributed by atoms with van der Waals surface area (Å²) in [6.07, 6.45) is 0. The lowest BCUT2D eigenvalue weighted by molar-refractivity contribution is 0.629. The van der Waals surface area contributed by atoms with E-state index in [2.05, 4.69) is 9.97 Å². The van der Waals surface area contributed by atoms with E-state index in [4.69, 9.17) is 0 Å². The fourth-order valence-electron chi connectivity index (χ4n) is 1.51. The molecule has 0 radical (unpaired) electrons. The van der Waals surface area contributed by atoms with Gasteiger partial charge in [-0.05, 0) is 29.6 Å². The van der Waals surface area contributed by atoms with E-state index in [1.54, 1.807) is 17.4 Å². The number of imidazole rings is 1. The summed E-state index contributed by atoms with van der Waals surface area (Å²) < 4.78 is 12.9. The zero-order valence-corrected chi connectivity index (χ0v) is 8.51. The minimum atomic E-state index is -0.246. The minimum absolute atomic E-state index is 0.246. The van der Waals surface area contributed by atoms with Crippen LogP contribution in [0.5, 0.6) is 0 Å². The first-order chi connectivity index (χ1) is 7.33. The average molecular weight is 218 g/mol. The van der Waals surface area contributed by atoms with Crippen molar-refractivity contribution in [2.45, 2.75) is 0 Å². The largest absolute Gasteiger partial charge is 0.337 e. The number of nitrogens with one attached hydrogen (secondary N) is 1. The van der Waals surface area contributed by atoms with Gasteiger partial charge in [0.15, 0.2) is 0 Å². The number of benzene rings is 1. The van der Waals surface area contributed by atoms with Crippen molar-refractivity contribution >= 4 is 22.4 Å². The van der Waals surface area contributed by atoms with Crippen LogP contribution >= 0.6 is 11.3 Å². The fourth-order valence-corrected chi connectivity index (χ4v) is 2.18. The number of hydrogen-bond acceptors (Lipinski definition) is 2. The van der Waals surface area contributed by atoms with Gasteiger partial charge in [-0.25, -0.2) is 9.37 Å². The Morgan fingerprint density at radius 2 is 2.20 bits per heavy atom. The van der Waals surface area contributed by atoms with Gasteiger partial charge in [0, 0.05) is 0 Å². The zero-order valence-electron chi connectivity index (χ0n) is 7.70. The third kappa shape index (κ3) is 1.43. The number of nitrogens with zero attached hydrogens (tertiary/aromatic N) is 1. The van der Waals surface area contributed by atoms with Crippen LogP contribution in [0.1, 0.15) is 0 Å². The summed E-state index contributed by atoms with van der Waals surface area (Å²) in [5, 5.41) is 1.99. The maximum Gasteiger partial charge on any atom is 0.148 e. The van der Waals surface area contributed by atoms with Gasteiger partial charge in [-0.1, -0.05) is 6.07 Å². The third-order valence-corrected chi connectivity index (χ3v) is 3.08. The van der Waals surface area contributed by atoms with Crippen LogP contribution in [0, 0.1) is 5.82 Å². The molecule has 0 aliphatic carbocycles. The number of fused-ring (bicyclic) bond motifs is 1. The number of hydrogen-bond donors (Lipinski definition) is 1. The molecule has 0 unspecified atom stereocenters. The Labute approximate surface area is 89.4 Å².